The highest BCUT2D eigenvalue weighted by atomic mass is 35.5. The van der Waals surface area contributed by atoms with Crippen molar-refractivity contribution in [2.24, 2.45) is 0 Å². The maximum atomic E-state index is 10.9. The number of nitrogens with one attached hydrogen (secondary N) is 1. The van der Waals surface area contributed by atoms with Gasteiger partial charge in [-0.25, -0.2) is 0 Å². The Hall–Kier alpha value is -1.83. The van der Waals surface area contributed by atoms with Crippen LogP contribution in [0.3, 0.4) is 0 Å². The van der Waals surface area contributed by atoms with E-state index < -0.39 is 13.2 Å². The molecule has 0 aliphatic heterocycles. The fourth-order valence-corrected chi connectivity index (χ4v) is 3.44. The summed E-state index contributed by atoms with van der Waals surface area (Å²) in [5.74, 6) is 0.873. The van der Waals surface area contributed by atoms with Crippen molar-refractivity contribution in [1.82, 2.24) is 0 Å². The Morgan fingerprint density at radius 3 is 2.19 bits per heavy atom. The summed E-state index contributed by atoms with van der Waals surface area (Å²) in [7, 11) is -2.16. The van der Waals surface area contributed by atoms with Gasteiger partial charge in [0.1, 0.15) is 17.2 Å². The molecule has 172 valence electrons. The largest absolute Gasteiger partial charge is 0.456 e. The van der Waals surface area contributed by atoms with Gasteiger partial charge in [-0.2, -0.15) is 0 Å². The van der Waals surface area contributed by atoms with E-state index in [-0.39, 0.29) is 5.69 Å². The maximum absolute atomic E-state index is 10.9. The molecular weight excluding hydrogens is 466 g/mol. The van der Waals surface area contributed by atoms with Gasteiger partial charge >= 0.3 is 8.25 Å². The van der Waals surface area contributed by atoms with E-state index in [1.165, 1.54) is 12.1 Å². The fourth-order valence-electron chi connectivity index (χ4n) is 2.17. The summed E-state index contributed by atoms with van der Waals surface area (Å²) in [4.78, 5) is 10.5. The van der Waals surface area contributed by atoms with Crippen LogP contribution in [-0.2, 0) is 13.6 Å². The van der Waals surface area contributed by atoms with Crippen molar-refractivity contribution in [1.29, 1.82) is 0 Å². The molecule has 0 atom stereocenters. The number of hydrogen-bond acceptors (Lipinski definition) is 7. The predicted octanol–water partition coefficient (Wildman–Crippen LogP) is 7.36. The van der Waals surface area contributed by atoms with E-state index in [2.05, 4.69) is 5.32 Å². The lowest BCUT2D eigenvalue weighted by Gasteiger charge is -2.10. The van der Waals surface area contributed by atoms with E-state index in [1.807, 2.05) is 20.8 Å². The number of anilines is 1. The summed E-state index contributed by atoms with van der Waals surface area (Å²) < 4.78 is 26.0. The van der Waals surface area contributed by atoms with Gasteiger partial charge in [0.2, 0.25) is 0 Å². The Kier molecular flexibility index (Phi) is 13.2. The molecule has 0 aliphatic rings. The average molecular weight is 493 g/mol. The molecule has 0 unspecified atom stereocenters. The molecule has 0 saturated heterocycles. The van der Waals surface area contributed by atoms with Crippen LogP contribution in [0.25, 0.3) is 0 Å². The van der Waals surface area contributed by atoms with Crippen LogP contribution >= 0.6 is 31.5 Å². The van der Waals surface area contributed by atoms with Gasteiger partial charge in [0.15, 0.2) is 0 Å². The third-order valence-corrected chi connectivity index (χ3v) is 4.91. The topological polar surface area (TPSA) is 99.9 Å². The van der Waals surface area contributed by atoms with Crippen molar-refractivity contribution in [3.63, 3.8) is 0 Å². The van der Waals surface area contributed by atoms with Gasteiger partial charge in [0.05, 0.1) is 23.2 Å². The van der Waals surface area contributed by atoms with Gasteiger partial charge in [-0.3, -0.25) is 14.7 Å². The van der Waals surface area contributed by atoms with Gasteiger partial charge in [-0.05, 0) is 44.0 Å². The molecule has 0 spiro atoms. The number of hydrogen-bond donors (Lipinski definition) is 1. The van der Waals surface area contributed by atoms with Crippen LogP contribution in [0.5, 0.6) is 11.5 Å². The number of nitro groups is 1. The molecule has 0 aliphatic carbocycles. The molecule has 0 fully saturated rings. The first-order valence-corrected chi connectivity index (χ1v) is 11.7. The van der Waals surface area contributed by atoms with E-state index in [0.717, 1.165) is 12.8 Å². The van der Waals surface area contributed by atoms with Gasteiger partial charge in [0.25, 0.3) is 5.69 Å². The monoisotopic (exact) mass is 492 g/mol. The van der Waals surface area contributed by atoms with Crippen LogP contribution in [-0.4, -0.2) is 24.7 Å². The molecule has 11 heteroatoms. The van der Waals surface area contributed by atoms with E-state index >= 15 is 0 Å². The molecule has 0 saturated carbocycles. The second-order valence-electron chi connectivity index (χ2n) is 6.09. The molecular formula is C20H27Cl2N2O6P. The highest BCUT2D eigenvalue weighted by molar-refractivity contribution is 7.33. The Morgan fingerprint density at radius 1 is 1.03 bits per heavy atom. The second-order valence-corrected chi connectivity index (χ2v) is 8.01. The minimum absolute atomic E-state index is 0.00796. The lowest BCUT2D eigenvalue weighted by atomic mass is 10.2. The van der Waals surface area contributed by atoms with Crippen LogP contribution in [0.2, 0.25) is 10.0 Å². The van der Waals surface area contributed by atoms with Gasteiger partial charge in [0, 0.05) is 23.7 Å². The van der Waals surface area contributed by atoms with E-state index in [0.29, 0.717) is 47.0 Å². The fraction of sp³-hybridized carbons (Fsp3) is 0.400. The highest BCUT2D eigenvalue weighted by Crippen LogP contribution is 2.35. The number of benzene rings is 2. The number of ether oxygens (including phenoxy) is 1. The van der Waals surface area contributed by atoms with Crippen molar-refractivity contribution < 1.29 is 23.3 Å². The molecule has 0 heterocycles. The summed E-state index contributed by atoms with van der Waals surface area (Å²) in [5.41, 5.74) is 0.386. The van der Waals surface area contributed by atoms with E-state index in [4.69, 9.17) is 37.0 Å². The highest BCUT2D eigenvalue weighted by Gasteiger charge is 2.15. The molecule has 0 radical (unpaired) electrons. The molecule has 2 aromatic rings. The first kappa shape index (κ1) is 27.2. The van der Waals surface area contributed by atoms with Crippen LogP contribution < -0.4 is 10.1 Å². The van der Waals surface area contributed by atoms with Gasteiger partial charge in [-0.15, -0.1) is 0 Å². The first-order chi connectivity index (χ1) is 14.8. The van der Waals surface area contributed by atoms with Crippen molar-refractivity contribution >= 4 is 42.8 Å². The Labute approximate surface area is 192 Å². The number of nitro benzene ring substituents is 1. The first-order valence-electron chi connectivity index (χ1n) is 9.77. The van der Waals surface area contributed by atoms with Crippen LogP contribution in [0.15, 0.2) is 36.4 Å². The molecule has 0 amide bonds. The standard InChI is InChI=1S/C14H12Cl2N2O3.C6H15O3P/c1-2-17-12-8-10(4-5-13(12)18(19)20)21-14-6-3-9(15)7-11(14)16;1-3-5-8-10(7)9-6-4-2/h3-8,17H,2H2,1H3;10H,3-6H2,1-2H3. The number of halogens is 2. The van der Waals surface area contributed by atoms with Crippen LogP contribution in [0.4, 0.5) is 11.4 Å². The Balaban J connectivity index is 0.000000407. The minimum atomic E-state index is -2.16. The molecule has 0 bridgehead atoms. The number of nitrogens with zero attached hydrogens (tertiary/aromatic N) is 1. The van der Waals surface area contributed by atoms with Crippen molar-refractivity contribution in [2.75, 3.05) is 25.1 Å². The zero-order valence-electron chi connectivity index (χ0n) is 17.7. The summed E-state index contributed by atoms with van der Waals surface area (Å²) in [6.07, 6.45) is 1.76. The van der Waals surface area contributed by atoms with Crippen molar-refractivity contribution in [3.8, 4) is 11.5 Å². The van der Waals surface area contributed by atoms with Crippen molar-refractivity contribution in [3.05, 3.63) is 56.6 Å². The Bertz CT molecular complexity index is 860. The van der Waals surface area contributed by atoms with E-state index in [9.17, 15) is 14.7 Å². The van der Waals surface area contributed by atoms with Crippen LogP contribution in [0, 0.1) is 10.1 Å². The summed E-state index contributed by atoms with van der Waals surface area (Å²) in [5, 5.41) is 14.7. The molecule has 2 rings (SSSR count). The lowest BCUT2D eigenvalue weighted by molar-refractivity contribution is -0.384. The third-order valence-electron chi connectivity index (χ3n) is 3.50. The molecule has 0 aromatic heterocycles. The SMILES string of the molecule is CCCO[PH](=O)OCCC.CCNc1cc(Oc2ccc(Cl)cc2Cl)ccc1[N+](=O)[O-]. The molecule has 31 heavy (non-hydrogen) atoms. The predicted molar refractivity (Wildman–Crippen MR) is 125 cm³/mol. The smallest absolute Gasteiger partial charge is 0.319 e. The third kappa shape index (κ3) is 10.4. The molecule has 2 aromatic carbocycles. The summed E-state index contributed by atoms with van der Waals surface area (Å²) in [6, 6.07) is 9.32. The summed E-state index contributed by atoms with van der Waals surface area (Å²) >= 11 is 11.8. The normalized spacial score (nSPS) is 10.4. The van der Waals surface area contributed by atoms with E-state index in [1.54, 1.807) is 24.3 Å². The molecule has 8 nitrogen and oxygen atoms in total. The van der Waals surface area contributed by atoms with Gasteiger partial charge < -0.3 is 19.1 Å². The quantitative estimate of drug-likeness (QED) is 0.198. The van der Waals surface area contributed by atoms with Crippen LogP contribution in [0.1, 0.15) is 33.6 Å². The van der Waals surface area contributed by atoms with Crippen molar-refractivity contribution in [2.45, 2.75) is 33.6 Å². The molecule has 1 N–H and O–H groups in total. The zero-order chi connectivity index (χ0) is 23.2. The number of rotatable bonds is 11. The zero-order valence-corrected chi connectivity index (χ0v) is 20.2. The average Bonchev–Trinajstić information content (AvgIpc) is 2.73. The second kappa shape index (κ2) is 15.1. The lowest BCUT2D eigenvalue weighted by Crippen LogP contribution is -2.01. The minimum Gasteiger partial charge on any atom is -0.456 e. The Morgan fingerprint density at radius 2 is 1.68 bits per heavy atom. The van der Waals surface area contributed by atoms with Gasteiger partial charge in [-0.1, -0.05) is 37.0 Å². The maximum Gasteiger partial charge on any atom is 0.319 e. The summed E-state index contributed by atoms with van der Waals surface area (Å²) in [6.45, 7) is 7.41.